The summed E-state index contributed by atoms with van der Waals surface area (Å²) in [4.78, 5) is 2.05. The van der Waals surface area contributed by atoms with Crippen molar-refractivity contribution in [1.29, 1.82) is 0 Å². The van der Waals surface area contributed by atoms with Crippen molar-refractivity contribution in [1.82, 2.24) is 9.29 Å². The summed E-state index contributed by atoms with van der Waals surface area (Å²) in [7, 11) is 0. The van der Waals surface area contributed by atoms with Gasteiger partial charge in [0.2, 0.25) is 0 Å². The molecule has 1 atom stereocenters. The minimum atomic E-state index is -4.52. The van der Waals surface area contributed by atoms with Crippen molar-refractivity contribution >= 4 is 39.6 Å². The Labute approximate surface area is 194 Å². The number of aromatic nitrogens is 1. The first-order valence-corrected chi connectivity index (χ1v) is 11.4. The van der Waals surface area contributed by atoms with Gasteiger partial charge >= 0.3 is 6.18 Å². The third-order valence-corrected chi connectivity index (χ3v) is 6.71. The van der Waals surface area contributed by atoms with Gasteiger partial charge in [-0.05, 0) is 24.3 Å². The fraction of sp³-hybridized carbons (Fsp3) is 0.333. The zero-order chi connectivity index (χ0) is 23.8. The highest BCUT2D eigenvalue weighted by Crippen LogP contribution is 2.36. The van der Waals surface area contributed by atoms with Gasteiger partial charge in [-0.2, -0.15) is 17.1 Å². The first-order valence-electron chi connectivity index (χ1n) is 9.94. The molecule has 2 heterocycles. The Morgan fingerprint density at radius 3 is 2.52 bits per heavy atom. The lowest BCUT2D eigenvalue weighted by atomic mass is 10.2. The molecule has 1 fully saturated rings. The minimum absolute atomic E-state index is 0.00338. The summed E-state index contributed by atoms with van der Waals surface area (Å²) >= 11 is 4.06. The van der Waals surface area contributed by atoms with Crippen molar-refractivity contribution in [2.45, 2.75) is 17.5 Å². The van der Waals surface area contributed by atoms with Crippen LogP contribution < -0.4 is 15.0 Å². The van der Waals surface area contributed by atoms with Gasteiger partial charge in [0.15, 0.2) is 11.5 Å². The quantitative estimate of drug-likeness (QED) is 0.370. The Morgan fingerprint density at radius 2 is 1.85 bits per heavy atom. The molecular formula is C21H19ClF5N3O2S. The Bertz CT molecular complexity index is 1140. The number of rotatable bonds is 6. The van der Waals surface area contributed by atoms with Gasteiger partial charge in [-0.1, -0.05) is 17.7 Å². The van der Waals surface area contributed by atoms with Crippen LogP contribution in [0.2, 0.25) is 5.02 Å². The third-order valence-electron chi connectivity index (χ3n) is 5.16. The highest BCUT2D eigenvalue weighted by Gasteiger charge is 2.30. The van der Waals surface area contributed by atoms with Crippen molar-refractivity contribution in [2.75, 3.05) is 37.7 Å². The Balaban J connectivity index is 1.75. The molecule has 1 aromatic heterocycles. The lowest BCUT2D eigenvalue weighted by molar-refractivity contribution is -0.153. The summed E-state index contributed by atoms with van der Waals surface area (Å²) in [5, 5.41) is 3.66. The highest BCUT2D eigenvalue weighted by atomic mass is 35.5. The highest BCUT2D eigenvalue weighted by molar-refractivity contribution is 7.90. The average molecular weight is 508 g/mol. The monoisotopic (exact) mass is 507 g/mol. The van der Waals surface area contributed by atoms with Crippen molar-refractivity contribution in [3.63, 3.8) is 0 Å². The molecule has 2 aromatic carbocycles. The van der Waals surface area contributed by atoms with Crippen LogP contribution in [0.15, 0.2) is 47.5 Å². The molecule has 0 bridgehead atoms. The predicted molar refractivity (Wildman–Crippen MR) is 117 cm³/mol. The second kappa shape index (κ2) is 9.57. The van der Waals surface area contributed by atoms with E-state index in [0.29, 0.717) is 31.9 Å². The SMILES string of the molecule is [O-][S+](c1ccc(OCC(F)(F)F)c(N2CCNCC2)c1)n1cc(C(F)F)c2ccc(Cl)cc21. The normalized spacial score (nSPS) is 15.9. The van der Waals surface area contributed by atoms with E-state index in [1.165, 1.54) is 40.4 Å². The zero-order valence-electron chi connectivity index (χ0n) is 17.0. The lowest BCUT2D eigenvalue weighted by Crippen LogP contribution is -2.43. The topological polar surface area (TPSA) is 52.5 Å². The third kappa shape index (κ3) is 5.32. The molecule has 0 amide bonds. The van der Waals surface area contributed by atoms with Gasteiger partial charge < -0.3 is 19.5 Å². The van der Waals surface area contributed by atoms with E-state index in [2.05, 4.69) is 5.32 Å². The van der Waals surface area contributed by atoms with Gasteiger partial charge in [0, 0.05) is 48.2 Å². The van der Waals surface area contributed by atoms with Crippen LogP contribution in [0.5, 0.6) is 5.75 Å². The summed E-state index contributed by atoms with van der Waals surface area (Å²) in [6, 6.07) is 8.52. The minimum Gasteiger partial charge on any atom is -0.587 e. The summed E-state index contributed by atoms with van der Waals surface area (Å²) in [6.07, 6.45) is -6.20. The Hall–Kier alpha value is -2.21. The number of alkyl halides is 5. The van der Waals surface area contributed by atoms with Crippen LogP contribution in [0.3, 0.4) is 0 Å². The fourth-order valence-corrected chi connectivity index (χ4v) is 4.99. The second-order valence-electron chi connectivity index (χ2n) is 7.39. The number of benzene rings is 2. The van der Waals surface area contributed by atoms with Gasteiger partial charge in [0.25, 0.3) is 6.43 Å². The number of ether oxygens (including phenoxy) is 1. The van der Waals surface area contributed by atoms with Crippen LogP contribution in [0, 0.1) is 0 Å². The van der Waals surface area contributed by atoms with Gasteiger partial charge in [-0.3, -0.25) is 0 Å². The van der Waals surface area contributed by atoms with E-state index in [9.17, 15) is 26.5 Å². The maximum atomic E-state index is 13.6. The summed E-state index contributed by atoms with van der Waals surface area (Å²) < 4.78 is 84.9. The van der Waals surface area contributed by atoms with E-state index >= 15 is 0 Å². The van der Waals surface area contributed by atoms with Crippen LogP contribution in [-0.2, 0) is 11.4 Å². The number of nitrogens with one attached hydrogen (secondary N) is 1. The molecule has 33 heavy (non-hydrogen) atoms. The van der Waals surface area contributed by atoms with Crippen molar-refractivity contribution in [2.24, 2.45) is 0 Å². The largest absolute Gasteiger partial charge is 0.587 e. The molecular weight excluding hydrogens is 489 g/mol. The molecule has 0 spiro atoms. The van der Waals surface area contributed by atoms with E-state index < -0.39 is 30.6 Å². The van der Waals surface area contributed by atoms with E-state index in [1.54, 1.807) is 0 Å². The number of anilines is 1. The number of piperazine rings is 1. The molecule has 3 aromatic rings. The van der Waals surface area contributed by atoms with Crippen molar-refractivity contribution in [3.8, 4) is 5.75 Å². The van der Waals surface area contributed by atoms with Gasteiger partial charge in [0.05, 0.1) is 17.4 Å². The first kappa shape index (κ1) is 23.9. The fourth-order valence-electron chi connectivity index (χ4n) is 3.66. The molecule has 1 aliphatic rings. The molecule has 0 aliphatic carbocycles. The van der Waals surface area contributed by atoms with E-state index in [-0.39, 0.29) is 32.1 Å². The van der Waals surface area contributed by atoms with E-state index in [1.807, 2.05) is 4.90 Å². The lowest BCUT2D eigenvalue weighted by Gasteiger charge is -2.31. The summed E-state index contributed by atoms with van der Waals surface area (Å²) in [6.45, 7) is 0.786. The smallest absolute Gasteiger partial charge is 0.422 e. The molecule has 0 saturated carbocycles. The number of hydrogen-bond acceptors (Lipinski definition) is 4. The zero-order valence-corrected chi connectivity index (χ0v) is 18.6. The molecule has 12 heteroatoms. The number of hydrogen-bond donors (Lipinski definition) is 1. The van der Waals surface area contributed by atoms with Crippen molar-refractivity contribution in [3.05, 3.63) is 53.2 Å². The first-order chi connectivity index (χ1) is 15.6. The van der Waals surface area contributed by atoms with Crippen LogP contribution in [-0.4, -0.2) is 47.5 Å². The summed E-state index contributed by atoms with van der Waals surface area (Å²) in [5.41, 5.74) is 0.329. The van der Waals surface area contributed by atoms with Gasteiger partial charge in [-0.15, -0.1) is 0 Å². The van der Waals surface area contributed by atoms with Gasteiger partial charge in [-0.25, -0.2) is 8.78 Å². The number of halogens is 6. The van der Waals surface area contributed by atoms with Crippen molar-refractivity contribution < 1.29 is 31.2 Å². The molecule has 1 aliphatic heterocycles. The van der Waals surface area contributed by atoms with Crippen LogP contribution >= 0.6 is 11.6 Å². The molecule has 5 nitrogen and oxygen atoms in total. The average Bonchev–Trinajstić information content (AvgIpc) is 3.16. The molecule has 4 rings (SSSR count). The maximum absolute atomic E-state index is 13.6. The molecule has 1 N–H and O–H groups in total. The second-order valence-corrected chi connectivity index (χ2v) is 9.19. The molecule has 0 radical (unpaired) electrons. The molecule has 1 unspecified atom stereocenters. The van der Waals surface area contributed by atoms with E-state index in [4.69, 9.17) is 16.3 Å². The number of nitrogens with zero attached hydrogens (tertiary/aromatic N) is 2. The predicted octanol–water partition coefficient (Wildman–Crippen LogP) is 5.15. The van der Waals surface area contributed by atoms with E-state index in [0.717, 1.165) is 6.20 Å². The van der Waals surface area contributed by atoms with Crippen LogP contribution in [0.25, 0.3) is 10.9 Å². The Morgan fingerprint density at radius 1 is 1.12 bits per heavy atom. The number of fused-ring (bicyclic) bond motifs is 1. The van der Waals surface area contributed by atoms with Crippen LogP contribution in [0.1, 0.15) is 12.0 Å². The maximum Gasteiger partial charge on any atom is 0.422 e. The standard InChI is InChI=1S/C21H19ClF5N3O2S/c22-13-1-3-15-16(20(23)24)11-30(17(15)9-13)33(31)14-2-4-19(32-12-21(25,26)27)18(10-14)29-7-5-28-6-8-29/h1-4,9-11,20,28H,5-8,12H2. The molecule has 178 valence electrons. The Kier molecular flexibility index (Phi) is 6.94. The van der Waals surface area contributed by atoms with Gasteiger partial charge in [0.1, 0.15) is 17.1 Å². The summed E-state index contributed by atoms with van der Waals surface area (Å²) in [5.74, 6) is 0.00338. The molecule has 1 saturated heterocycles. The van der Waals surface area contributed by atoms with Crippen LogP contribution in [0.4, 0.5) is 27.6 Å².